The number of ether oxygens (including phenoxy) is 3. The van der Waals surface area contributed by atoms with Gasteiger partial charge in [0.1, 0.15) is 0 Å². The average Bonchev–Trinajstić information content (AvgIpc) is 2.74. The number of amides is 2. The number of hydrogen-bond donors (Lipinski definition) is 2. The zero-order valence-corrected chi connectivity index (χ0v) is 18.2. The molecule has 2 aromatic rings. The molecule has 0 fully saturated rings. The van der Waals surface area contributed by atoms with Gasteiger partial charge in [-0.25, -0.2) is 0 Å². The first kappa shape index (κ1) is 25.1. The monoisotopic (exact) mass is 468 g/mol. The number of carbonyl (C=O) groups excluding carboxylic acids is 2. The lowest BCUT2D eigenvalue weighted by Crippen LogP contribution is -2.27. The maximum absolute atomic E-state index is 12.5. The molecule has 2 amide bonds. The maximum atomic E-state index is 12.5. The van der Waals surface area contributed by atoms with Crippen molar-refractivity contribution in [1.29, 1.82) is 0 Å². The van der Waals surface area contributed by atoms with Gasteiger partial charge in [0.2, 0.25) is 5.91 Å². The second-order valence-corrected chi connectivity index (χ2v) is 6.69. The standard InChI is InChI=1S/C22H23ClF2N2O5/c1-3-31-19-12-14(4-8-18(19)32-22(24)25)5-9-20(28)27-15-6-7-16(17(23)13-15)21(29)26-10-11-30-2/h4-9,12-13,22H,3,10-11H2,1-2H3,(H,26,29)(H,27,28)/b9-5+. The fourth-order valence-electron chi connectivity index (χ4n) is 2.58. The molecule has 0 saturated carbocycles. The van der Waals surface area contributed by atoms with Crippen molar-refractivity contribution in [1.82, 2.24) is 5.32 Å². The molecule has 0 atom stereocenters. The summed E-state index contributed by atoms with van der Waals surface area (Å²) in [6.07, 6.45) is 2.75. The number of rotatable bonds is 11. The van der Waals surface area contributed by atoms with Gasteiger partial charge in [-0.05, 0) is 48.9 Å². The minimum absolute atomic E-state index is 0.0931. The number of anilines is 1. The van der Waals surface area contributed by atoms with Crippen LogP contribution < -0.4 is 20.1 Å². The summed E-state index contributed by atoms with van der Waals surface area (Å²) in [5.41, 5.74) is 1.21. The molecule has 172 valence electrons. The molecule has 2 rings (SSSR count). The number of hydrogen-bond acceptors (Lipinski definition) is 5. The molecule has 0 heterocycles. The second-order valence-electron chi connectivity index (χ2n) is 6.28. The summed E-state index contributed by atoms with van der Waals surface area (Å²) in [5, 5.41) is 5.47. The van der Waals surface area contributed by atoms with Crippen LogP contribution >= 0.6 is 11.6 Å². The first-order valence-electron chi connectivity index (χ1n) is 9.61. The summed E-state index contributed by atoms with van der Waals surface area (Å²) in [6.45, 7) is -0.292. The van der Waals surface area contributed by atoms with Gasteiger partial charge in [0.15, 0.2) is 11.5 Å². The fourth-order valence-corrected chi connectivity index (χ4v) is 2.85. The predicted molar refractivity (Wildman–Crippen MR) is 118 cm³/mol. The van der Waals surface area contributed by atoms with Gasteiger partial charge in [0, 0.05) is 25.4 Å². The number of halogens is 3. The lowest BCUT2D eigenvalue weighted by Gasteiger charge is -2.11. The lowest BCUT2D eigenvalue weighted by molar-refractivity contribution is -0.111. The third-order valence-corrected chi connectivity index (χ3v) is 4.30. The number of benzene rings is 2. The Balaban J connectivity index is 2.03. The maximum Gasteiger partial charge on any atom is 0.387 e. The van der Waals surface area contributed by atoms with Crippen molar-refractivity contribution in [3.05, 3.63) is 58.6 Å². The third kappa shape index (κ3) is 7.82. The van der Waals surface area contributed by atoms with E-state index in [-0.39, 0.29) is 34.6 Å². The summed E-state index contributed by atoms with van der Waals surface area (Å²) in [5.74, 6) is -0.760. The Hall–Kier alpha value is -3.17. The van der Waals surface area contributed by atoms with Crippen LogP contribution in [0.2, 0.25) is 5.02 Å². The Morgan fingerprint density at radius 1 is 1.16 bits per heavy atom. The normalized spacial score (nSPS) is 10.9. The summed E-state index contributed by atoms with van der Waals surface area (Å²) < 4.78 is 39.6. The van der Waals surface area contributed by atoms with Crippen LogP contribution in [0.4, 0.5) is 14.5 Å². The van der Waals surface area contributed by atoms with Gasteiger partial charge < -0.3 is 24.8 Å². The molecule has 2 N–H and O–H groups in total. The van der Waals surface area contributed by atoms with E-state index in [1.54, 1.807) is 13.0 Å². The SMILES string of the molecule is CCOc1cc(/C=C/C(=O)Nc2ccc(C(=O)NCCOC)c(Cl)c2)ccc1OC(F)F. The van der Waals surface area contributed by atoms with Crippen molar-refractivity contribution in [2.45, 2.75) is 13.5 Å². The van der Waals surface area contributed by atoms with Gasteiger partial charge in [0.05, 0.1) is 23.8 Å². The van der Waals surface area contributed by atoms with E-state index in [1.807, 2.05) is 0 Å². The number of nitrogens with one attached hydrogen (secondary N) is 2. The first-order valence-corrected chi connectivity index (χ1v) is 9.99. The smallest absolute Gasteiger partial charge is 0.387 e. The van der Waals surface area contributed by atoms with E-state index >= 15 is 0 Å². The van der Waals surface area contributed by atoms with Crippen molar-refractivity contribution in [3.8, 4) is 11.5 Å². The number of methoxy groups -OCH3 is 1. The van der Waals surface area contributed by atoms with Crippen LogP contribution in [0.25, 0.3) is 6.08 Å². The van der Waals surface area contributed by atoms with Gasteiger partial charge in [0.25, 0.3) is 5.91 Å². The molecule has 0 aromatic heterocycles. The van der Waals surface area contributed by atoms with Gasteiger partial charge in [-0.3, -0.25) is 9.59 Å². The van der Waals surface area contributed by atoms with Crippen molar-refractivity contribution in [2.75, 3.05) is 32.2 Å². The molecular weight excluding hydrogens is 446 g/mol. The minimum Gasteiger partial charge on any atom is -0.490 e. The van der Waals surface area contributed by atoms with Gasteiger partial charge in [-0.15, -0.1) is 0 Å². The van der Waals surface area contributed by atoms with Gasteiger partial charge in [-0.1, -0.05) is 17.7 Å². The van der Waals surface area contributed by atoms with Crippen LogP contribution in [-0.2, 0) is 9.53 Å². The fraction of sp³-hybridized carbons (Fsp3) is 0.273. The summed E-state index contributed by atoms with van der Waals surface area (Å²) in [7, 11) is 1.53. The van der Waals surface area contributed by atoms with Crippen molar-refractivity contribution < 1.29 is 32.6 Å². The Morgan fingerprint density at radius 3 is 2.59 bits per heavy atom. The Morgan fingerprint density at radius 2 is 1.94 bits per heavy atom. The van der Waals surface area contributed by atoms with Crippen LogP contribution in [-0.4, -0.2) is 45.3 Å². The Bertz CT molecular complexity index is 969. The molecule has 0 aliphatic heterocycles. The summed E-state index contributed by atoms with van der Waals surface area (Å²) in [6, 6.07) is 8.84. The van der Waals surface area contributed by atoms with Crippen LogP contribution in [0.1, 0.15) is 22.8 Å². The van der Waals surface area contributed by atoms with E-state index in [1.165, 1.54) is 49.6 Å². The molecule has 7 nitrogen and oxygen atoms in total. The first-order chi connectivity index (χ1) is 15.3. The predicted octanol–water partition coefficient (Wildman–Crippen LogP) is 4.37. The highest BCUT2D eigenvalue weighted by molar-refractivity contribution is 6.34. The molecule has 0 aliphatic carbocycles. The summed E-state index contributed by atoms with van der Waals surface area (Å²) >= 11 is 6.15. The molecule has 0 saturated heterocycles. The highest BCUT2D eigenvalue weighted by Gasteiger charge is 2.12. The molecule has 0 radical (unpaired) electrons. The van der Waals surface area contributed by atoms with E-state index in [2.05, 4.69) is 15.4 Å². The average molecular weight is 469 g/mol. The summed E-state index contributed by atoms with van der Waals surface area (Å²) in [4.78, 5) is 24.3. The third-order valence-electron chi connectivity index (χ3n) is 3.98. The molecule has 0 aliphatic rings. The van der Waals surface area contributed by atoms with E-state index < -0.39 is 12.5 Å². The van der Waals surface area contributed by atoms with Crippen LogP contribution in [0.15, 0.2) is 42.5 Å². The molecular formula is C22H23ClF2N2O5. The minimum atomic E-state index is -2.98. The van der Waals surface area contributed by atoms with Gasteiger partial charge in [-0.2, -0.15) is 8.78 Å². The van der Waals surface area contributed by atoms with E-state index in [0.29, 0.717) is 24.4 Å². The second kappa shape index (κ2) is 12.6. The van der Waals surface area contributed by atoms with Crippen molar-refractivity contribution in [2.24, 2.45) is 0 Å². The lowest BCUT2D eigenvalue weighted by atomic mass is 10.1. The number of alkyl halides is 2. The molecule has 2 aromatic carbocycles. The molecule has 0 bridgehead atoms. The molecule has 0 unspecified atom stereocenters. The zero-order valence-electron chi connectivity index (χ0n) is 17.5. The molecule has 10 heteroatoms. The van der Waals surface area contributed by atoms with Crippen LogP contribution in [0.3, 0.4) is 0 Å². The van der Waals surface area contributed by atoms with Crippen LogP contribution in [0.5, 0.6) is 11.5 Å². The number of carbonyl (C=O) groups is 2. The van der Waals surface area contributed by atoms with Gasteiger partial charge >= 0.3 is 6.61 Å². The topological polar surface area (TPSA) is 85.9 Å². The quantitative estimate of drug-likeness (QED) is 0.378. The Kier molecular flexibility index (Phi) is 9.90. The van der Waals surface area contributed by atoms with E-state index in [4.69, 9.17) is 21.1 Å². The highest BCUT2D eigenvalue weighted by Crippen LogP contribution is 2.30. The molecule has 0 spiro atoms. The van der Waals surface area contributed by atoms with Crippen molar-refractivity contribution in [3.63, 3.8) is 0 Å². The van der Waals surface area contributed by atoms with E-state index in [9.17, 15) is 18.4 Å². The largest absolute Gasteiger partial charge is 0.490 e. The Labute approximate surface area is 189 Å². The van der Waals surface area contributed by atoms with E-state index in [0.717, 1.165) is 0 Å². The van der Waals surface area contributed by atoms with Crippen molar-refractivity contribution >= 4 is 35.2 Å². The highest BCUT2D eigenvalue weighted by atomic mass is 35.5. The zero-order chi connectivity index (χ0) is 23.5. The van der Waals surface area contributed by atoms with Crippen LogP contribution in [0, 0.1) is 0 Å². The molecule has 32 heavy (non-hydrogen) atoms.